The van der Waals surface area contributed by atoms with E-state index in [0.29, 0.717) is 0 Å². The van der Waals surface area contributed by atoms with Crippen molar-refractivity contribution in [2.75, 3.05) is 0 Å². The third-order valence-corrected chi connectivity index (χ3v) is 1.48. The molecule has 0 saturated heterocycles. The summed E-state index contributed by atoms with van der Waals surface area (Å²) in [6.45, 7) is 8.27. The molecule has 0 radical (unpaired) electrons. The lowest BCUT2D eigenvalue weighted by Gasteiger charge is -2.16. The standard InChI is InChI=1S/C9H13N/c1-8(6-5-7-10)9(2,3)4/h5H,1-4H3. The van der Waals surface area contributed by atoms with Crippen molar-refractivity contribution in [3.8, 4) is 6.07 Å². The van der Waals surface area contributed by atoms with Gasteiger partial charge in [-0.25, -0.2) is 0 Å². The van der Waals surface area contributed by atoms with Crippen molar-refractivity contribution >= 4 is 0 Å². The maximum Gasteiger partial charge on any atom is 0.0996 e. The van der Waals surface area contributed by atoms with Gasteiger partial charge in [-0.05, 0) is 17.9 Å². The Bertz CT molecular complexity index is 204. The molecular formula is C9H13N. The SMILES string of the molecule is CC(=C=CC#N)C(C)(C)C. The van der Waals surface area contributed by atoms with Gasteiger partial charge in [0.05, 0.1) is 12.1 Å². The first-order valence-electron chi connectivity index (χ1n) is 3.30. The van der Waals surface area contributed by atoms with Gasteiger partial charge in [0.25, 0.3) is 0 Å². The summed E-state index contributed by atoms with van der Waals surface area (Å²) in [7, 11) is 0. The van der Waals surface area contributed by atoms with Crippen LogP contribution in [0.4, 0.5) is 0 Å². The highest BCUT2D eigenvalue weighted by Crippen LogP contribution is 2.22. The second-order valence-electron chi connectivity index (χ2n) is 3.29. The fourth-order valence-corrected chi connectivity index (χ4v) is 0.357. The predicted octanol–water partition coefficient (Wildman–Crippen LogP) is 2.66. The van der Waals surface area contributed by atoms with Gasteiger partial charge in [0.2, 0.25) is 0 Å². The summed E-state index contributed by atoms with van der Waals surface area (Å²) < 4.78 is 0. The van der Waals surface area contributed by atoms with Crippen molar-refractivity contribution < 1.29 is 0 Å². The van der Waals surface area contributed by atoms with Crippen LogP contribution in [-0.2, 0) is 0 Å². The first-order chi connectivity index (χ1) is 4.48. The van der Waals surface area contributed by atoms with E-state index in [1.807, 2.05) is 13.0 Å². The van der Waals surface area contributed by atoms with Gasteiger partial charge >= 0.3 is 0 Å². The Morgan fingerprint density at radius 3 is 2.20 bits per heavy atom. The summed E-state index contributed by atoms with van der Waals surface area (Å²) in [5.74, 6) is 0. The van der Waals surface area contributed by atoms with Gasteiger partial charge in [-0.2, -0.15) is 5.26 Å². The number of hydrogen-bond donors (Lipinski definition) is 0. The van der Waals surface area contributed by atoms with Gasteiger partial charge in [-0.15, -0.1) is 5.73 Å². The van der Waals surface area contributed by atoms with Crippen molar-refractivity contribution in [1.29, 1.82) is 5.26 Å². The predicted molar refractivity (Wildman–Crippen MR) is 42.3 cm³/mol. The Morgan fingerprint density at radius 1 is 1.40 bits per heavy atom. The molecule has 0 heterocycles. The van der Waals surface area contributed by atoms with E-state index in [2.05, 4.69) is 26.5 Å². The summed E-state index contributed by atoms with van der Waals surface area (Å²) in [6, 6.07) is 1.91. The van der Waals surface area contributed by atoms with E-state index < -0.39 is 0 Å². The molecule has 0 aromatic rings. The first kappa shape index (κ1) is 9.01. The summed E-state index contributed by atoms with van der Waals surface area (Å²) in [6.07, 6.45) is 1.39. The van der Waals surface area contributed by atoms with E-state index in [4.69, 9.17) is 5.26 Å². The van der Waals surface area contributed by atoms with Crippen LogP contribution in [0.3, 0.4) is 0 Å². The van der Waals surface area contributed by atoms with E-state index in [0.717, 1.165) is 5.57 Å². The van der Waals surface area contributed by atoms with Gasteiger partial charge in [0, 0.05) is 0 Å². The molecule has 0 aromatic carbocycles. The minimum absolute atomic E-state index is 0.132. The normalized spacial score (nSPS) is 9.50. The van der Waals surface area contributed by atoms with Crippen molar-refractivity contribution in [1.82, 2.24) is 0 Å². The Hall–Kier alpha value is -0.990. The van der Waals surface area contributed by atoms with Gasteiger partial charge in [-0.3, -0.25) is 0 Å². The molecule has 1 heteroatoms. The maximum absolute atomic E-state index is 8.20. The minimum Gasteiger partial charge on any atom is -0.192 e. The molecule has 0 aliphatic heterocycles. The summed E-state index contributed by atoms with van der Waals surface area (Å²) in [4.78, 5) is 0. The van der Waals surface area contributed by atoms with Crippen molar-refractivity contribution in [2.24, 2.45) is 5.41 Å². The molecule has 0 saturated carbocycles. The Labute approximate surface area is 62.7 Å². The second kappa shape index (κ2) is 3.25. The van der Waals surface area contributed by atoms with Gasteiger partial charge in [0.15, 0.2) is 0 Å². The van der Waals surface area contributed by atoms with Crippen LogP contribution in [0.2, 0.25) is 0 Å². The first-order valence-corrected chi connectivity index (χ1v) is 3.30. The van der Waals surface area contributed by atoms with Crippen molar-refractivity contribution in [2.45, 2.75) is 27.7 Å². The molecule has 1 nitrogen and oxygen atoms in total. The second-order valence-corrected chi connectivity index (χ2v) is 3.29. The minimum atomic E-state index is 0.132. The Kier molecular flexibility index (Phi) is 2.93. The van der Waals surface area contributed by atoms with Gasteiger partial charge < -0.3 is 0 Å². The average molecular weight is 135 g/mol. The summed E-state index contributed by atoms with van der Waals surface area (Å²) >= 11 is 0. The molecule has 0 unspecified atom stereocenters. The van der Waals surface area contributed by atoms with Crippen molar-refractivity contribution in [3.05, 3.63) is 17.4 Å². The lowest BCUT2D eigenvalue weighted by molar-refractivity contribution is 0.505. The fraction of sp³-hybridized carbons (Fsp3) is 0.556. The number of hydrogen-bond acceptors (Lipinski definition) is 1. The lowest BCUT2D eigenvalue weighted by atomic mass is 9.88. The monoisotopic (exact) mass is 135 g/mol. The molecule has 0 spiro atoms. The molecule has 0 aliphatic carbocycles. The largest absolute Gasteiger partial charge is 0.192 e. The highest BCUT2D eigenvalue weighted by molar-refractivity contribution is 5.12. The zero-order valence-electron chi connectivity index (χ0n) is 7.02. The van der Waals surface area contributed by atoms with Gasteiger partial charge in [0.1, 0.15) is 0 Å². The van der Waals surface area contributed by atoms with Crippen LogP contribution in [0.25, 0.3) is 0 Å². The third kappa shape index (κ3) is 3.12. The smallest absolute Gasteiger partial charge is 0.0996 e. The average Bonchev–Trinajstić information content (AvgIpc) is 1.80. The number of allylic oxidation sites excluding steroid dienone is 1. The van der Waals surface area contributed by atoms with Crippen LogP contribution >= 0.6 is 0 Å². The van der Waals surface area contributed by atoms with Crippen LogP contribution in [0.1, 0.15) is 27.7 Å². The molecular weight excluding hydrogens is 122 g/mol. The van der Waals surface area contributed by atoms with Crippen LogP contribution in [0.5, 0.6) is 0 Å². The van der Waals surface area contributed by atoms with E-state index in [-0.39, 0.29) is 5.41 Å². The molecule has 10 heavy (non-hydrogen) atoms. The topological polar surface area (TPSA) is 23.8 Å². The molecule has 0 rings (SSSR count). The quantitative estimate of drug-likeness (QED) is 0.370. The Balaban J connectivity index is 4.55. The van der Waals surface area contributed by atoms with Crippen LogP contribution in [0.15, 0.2) is 17.4 Å². The summed E-state index contributed by atoms with van der Waals surface area (Å²) in [5.41, 5.74) is 4.14. The molecule has 0 aliphatic rings. The highest BCUT2D eigenvalue weighted by Gasteiger charge is 2.10. The number of nitrogens with zero attached hydrogens (tertiary/aromatic N) is 1. The molecule has 54 valence electrons. The molecule has 0 fully saturated rings. The van der Waals surface area contributed by atoms with E-state index in [9.17, 15) is 0 Å². The van der Waals surface area contributed by atoms with E-state index >= 15 is 0 Å². The fourth-order valence-electron chi connectivity index (χ4n) is 0.357. The van der Waals surface area contributed by atoms with Crippen molar-refractivity contribution in [3.63, 3.8) is 0 Å². The zero-order chi connectivity index (χ0) is 8.20. The van der Waals surface area contributed by atoms with Crippen LogP contribution in [-0.4, -0.2) is 0 Å². The zero-order valence-corrected chi connectivity index (χ0v) is 7.02. The van der Waals surface area contributed by atoms with E-state index in [1.165, 1.54) is 6.08 Å². The summed E-state index contributed by atoms with van der Waals surface area (Å²) in [5, 5.41) is 8.20. The molecule has 0 amide bonds. The molecule has 0 atom stereocenters. The molecule has 0 N–H and O–H groups in total. The van der Waals surface area contributed by atoms with Crippen LogP contribution in [0, 0.1) is 16.7 Å². The van der Waals surface area contributed by atoms with E-state index in [1.54, 1.807) is 0 Å². The molecule has 0 bridgehead atoms. The number of nitriles is 1. The van der Waals surface area contributed by atoms with Crippen LogP contribution < -0.4 is 0 Å². The lowest BCUT2D eigenvalue weighted by Crippen LogP contribution is -2.04. The third-order valence-electron chi connectivity index (χ3n) is 1.48. The highest BCUT2D eigenvalue weighted by atomic mass is 14.2. The molecule has 0 aromatic heterocycles. The van der Waals surface area contributed by atoms with Gasteiger partial charge in [-0.1, -0.05) is 20.8 Å². The Morgan fingerprint density at radius 2 is 1.90 bits per heavy atom. The number of rotatable bonds is 0. The maximum atomic E-state index is 8.20.